The summed E-state index contributed by atoms with van der Waals surface area (Å²) in [5, 5.41) is 0. The number of benzene rings is 3. The van der Waals surface area contributed by atoms with Gasteiger partial charge in [-0.05, 0) is 41.5 Å². The highest BCUT2D eigenvalue weighted by atomic mass is 16.5. The number of hydrogen-bond donors (Lipinski definition) is 0. The zero-order chi connectivity index (χ0) is 22.2. The van der Waals surface area contributed by atoms with Crippen LogP contribution in [0.5, 0.6) is 23.0 Å². The second-order valence-electron chi connectivity index (χ2n) is 7.55. The molecule has 0 spiro atoms. The number of fused-ring (bicyclic) bond motifs is 3. The van der Waals surface area contributed by atoms with E-state index in [4.69, 9.17) is 18.9 Å². The summed E-state index contributed by atoms with van der Waals surface area (Å²) >= 11 is 0. The normalized spacial score (nSPS) is 17.9. The third kappa shape index (κ3) is 3.30. The van der Waals surface area contributed by atoms with Gasteiger partial charge in [0.1, 0.15) is 11.5 Å². The van der Waals surface area contributed by atoms with E-state index in [1.54, 1.807) is 38.5 Å². The Bertz CT molecular complexity index is 1260. The summed E-state index contributed by atoms with van der Waals surface area (Å²) in [7, 11) is 3.13. The Labute approximate surface area is 185 Å². The molecule has 2 aliphatic heterocycles. The van der Waals surface area contributed by atoms with E-state index in [0.29, 0.717) is 34.1 Å². The molecule has 32 heavy (non-hydrogen) atoms. The Morgan fingerprint density at radius 2 is 1.69 bits per heavy atom. The highest BCUT2D eigenvalue weighted by molar-refractivity contribution is 6.15. The smallest absolute Gasteiger partial charge is 0.312 e. The van der Waals surface area contributed by atoms with E-state index >= 15 is 0 Å². The van der Waals surface area contributed by atoms with Crippen molar-refractivity contribution in [3.8, 4) is 23.0 Å². The molecule has 0 aliphatic carbocycles. The summed E-state index contributed by atoms with van der Waals surface area (Å²) in [6.07, 6.45) is 1.84. The highest BCUT2D eigenvalue weighted by Gasteiger charge is 2.38. The SMILES string of the molecule is COc1ccc([C@H]2CC(=O)Oc3ccc4c(c32)O/C(=C\c2ccccc2)C4=O)cc1OC. The van der Waals surface area contributed by atoms with E-state index in [2.05, 4.69) is 0 Å². The van der Waals surface area contributed by atoms with Crippen molar-refractivity contribution in [2.75, 3.05) is 14.2 Å². The average molecular weight is 428 g/mol. The van der Waals surface area contributed by atoms with Crippen LogP contribution in [0.15, 0.2) is 66.4 Å². The highest BCUT2D eigenvalue weighted by Crippen LogP contribution is 2.49. The number of rotatable bonds is 4. The molecule has 0 saturated carbocycles. The first kappa shape index (κ1) is 19.9. The first-order valence-electron chi connectivity index (χ1n) is 10.2. The molecule has 0 fully saturated rings. The fourth-order valence-corrected chi connectivity index (χ4v) is 4.16. The van der Waals surface area contributed by atoms with Crippen LogP contribution < -0.4 is 18.9 Å². The number of hydrogen-bond acceptors (Lipinski definition) is 6. The number of methoxy groups -OCH3 is 2. The van der Waals surface area contributed by atoms with E-state index < -0.39 is 0 Å². The fourth-order valence-electron chi connectivity index (χ4n) is 4.16. The number of ketones is 1. The van der Waals surface area contributed by atoms with Crippen LogP contribution in [0.25, 0.3) is 6.08 Å². The van der Waals surface area contributed by atoms with Crippen molar-refractivity contribution in [1.29, 1.82) is 0 Å². The first-order chi connectivity index (χ1) is 15.6. The van der Waals surface area contributed by atoms with Gasteiger partial charge in [0.2, 0.25) is 5.78 Å². The average Bonchev–Trinajstić information content (AvgIpc) is 3.13. The molecule has 6 nitrogen and oxygen atoms in total. The maximum absolute atomic E-state index is 13.0. The van der Waals surface area contributed by atoms with Crippen molar-refractivity contribution in [2.45, 2.75) is 12.3 Å². The van der Waals surface area contributed by atoms with Gasteiger partial charge in [-0.15, -0.1) is 0 Å². The van der Waals surface area contributed by atoms with Crippen LogP contribution in [-0.4, -0.2) is 26.0 Å². The Hall–Kier alpha value is -4.06. The molecule has 3 aromatic carbocycles. The molecule has 0 unspecified atom stereocenters. The lowest BCUT2D eigenvalue weighted by Crippen LogP contribution is -2.21. The van der Waals surface area contributed by atoms with Crippen LogP contribution in [0.4, 0.5) is 0 Å². The Balaban J connectivity index is 1.62. The zero-order valence-corrected chi connectivity index (χ0v) is 17.6. The topological polar surface area (TPSA) is 71.1 Å². The zero-order valence-electron chi connectivity index (χ0n) is 17.6. The molecule has 2 heterocycles. The minimum Gasteiger partial charge on any atom is -0.493 e. The van der Waals surface area contributed by atoms with Gasteiger partial charge >= 0.3 is 5.97 Å². The minimum absolute atomic E-state index is 0.119. The molecule has 0 amide bonds. The number of carbonyl (C=O) groups excluding carboxylic acids is 2. The van der Waals surface area contributed by atoms with Crippen LogP contribution >= 0.6 is 0 Å². The summed E-state index contributed by atoms with van der Waals surface area (Å²) in [5.74, 6) is 1.31. The largest absolute Gasteiger partial charge is 0.493 e. The lowest BCUT2D eigenvalue weighted by Gasteiger charge is -2.26. The number of Topliss-reactive ketones (excluding diaryl/α,β-unsaturated/α-hetero) is 1. The summed E-state index contributed by atoms with van der Waals surface area (Å²) in [5.41, 5.74) is 2.83. The molecule has 160 valence electrons. The number of allylic oxidation sites excluding steroid dienone is 1. The third-order valence-corrected chi connectivity index (χ3v) is 5.69. The van der Waals surface area contributed by atoms with E-state index in [-0.39, 0.29) is 29.9 Å². The number of ether oxygens (including phenoxy) is 4. The van der Waals surface area contributed by atoms with Crippen molar-refractivity contribution in [3.05, 3.63) is 88.7 Å². The van der Waals surface area contributed by atoms with Gasteiger partial charge in [0.05, 0.1) is 26.2 Å². The molecule has 5 rings (SSSR count). The van der Waals surface area contributed by atoms with E-state index in [0.717, 1.165) is 11.1 Å². The lowest BCUT2D eigenvalue weighted by atomic mass is 9.84. The Morgan fingerprint density at radius 1 is 0.906 bits per heavy atom. The Kier molecular flexibility index (Phi) is 4.90. The van der Waals surface area contributed by atoms with E-state index in [1.807, 2.05) is 42.5 Å². The summed E-state index contributed by atoms with van der Waals surface area (Å²) in [6, 6.07) is 18.3. The quantitative estimate of drug-likeness (QED) is 0.339. The maximum atomic E-state index is 13.0. The van der Waals surface area contributed by atoms with Gasteiger partial charge < -0.3 is 18.9 Å². The summed E-state index contributed by atoms with van der Waals surface area (Å²) < 4.78 is 22.3. The standard InChI is InChI=1S/C26H20O6/c1-29-19-10-8-16(13-21(19)30-2)18-14-23(27)31-20-11-9-17-25(28)22(32-26(17)24(18)20)12-15-6-4-3-5-7-15/h3-13,18H,14H2,1-2H3/b22-12-/t18-/m1/s1. The molecule has 0 saturated heterocycles. The van der Waals surface area contributed by atoms with Gasteiger partial charge in [0.25, 0.3) is 0 Å². The molecule has 2 aliphatic rings. The Morgan fingerprint density at radius 3 is 2.44 bits per heavy atom. The first-order valence-corrected chi connectivity index (χ1v) is 10.2. The van der Waals surface area contributed by atoms with Crippen LogP contribution in [-0.2, 0) is 4.79 Å². The minimum atomic E-state index is -0.357. The van der Waals surface area contributed by atoms with E-state index in [1.165, 1.54) is 0 Å². The lowest BCUT2D eigenvalue weighted by molar-refractivity contribution is -0.135. The van der Waals surface area contributed by atoms with Crippen LogP contribution in [0.2, 0.25) is 0 Å². The van der Waals surface area contributed by atoms with Crippen molar-refractivity contribution < 1.29 is 28.5 Å². The van der Waals surface area contributed by atoms with Gasteiger partial charge in [0, 0.05) is 11.5 Å². The van der Waals surface area contributed by atoms with Crippen molar-refractivity contribution in [3.63, 3.8) is 0 Å². The second kappa shape index (κ2) is 7.89. The molecule has 1 atom stereocenters. The van der Waals surface area contributed by atoms with Crippen LogP contribution in [0, 0.1) is 0 Å². The van der Waals surface area contributed by atoms with E-state index in [9.17, 15) is 9.59 Å². The molecule has 3 aromatic rings. The molecule has 0 aromatic heterocycles. The van der Waals surface area contributed by atoms with Crippen LogP contribution in [0.1, 0.15) is 39.4 Å². The molecule has 0 bridgehead atoms. The molecule has 0 N–H and O–H groups in total. The fraction of sp³-hybridized carbons (Fsp3) is 0.154. The van der Waals surface area contributed by atoms with Gasteiger partial charge in [-0.3, -0.25) is 9.59 Å². The van der Waals surface area contributed by atoms with Gasteiger partial charge in [-0.25, -0.2) is 0 Å². The predicted molar refractivity (Wildman–Crippen MR) is 117 cm³/mol. The summed E-state index contributed by atoms with van der Waals surface area (Å²) in [4.78, 5) is 25.4. The van der Waals surface area contributed by atoms with Crippen molar-refractivity contribution >= 4 is 17.8 Å². The number of carbonyl (C=O) groups is 2. The third-order valence-electron chi connectivity index (χ3n) is 5.69. The van der Waals surface area contributed by atoms with Gasteiger partial charge in [-0.2, -0.15) is 0 Å². The molecular formula is C26H20O6. The molecule has 0 radical (unpaired) electrons. The predicted octanol–water partition coefficient (Wildman–Crippen LogP) is 4.76. The van der Waals surface area contributed by atoms with Gasteiger partial charge in [-0.1, -0.05) is 36.4 Å². The van der Waals surface area contributed by atoms with Crippen LogP contribution in [0.3, 0.4) is 0 Å². The molecular weight excluding hydrogens is 408 g/mol. The second-order valence-corrected chi connectivity index (χ2v) is 7.55. The van der Waals surface area contributed by atoms with Gasteiger partial charge in [0.15, 0.2) is 17.3 Å². The number of esters is 1. The molecule has 6 heteroatoms. The monoisotopic (exact) mass is 428 g/mol. The maximum Gasteiger partial charge on any atom is 0.312 e. The van der Waals surface area contributed by atoms with Crippen molar-refractivity contribution in [1.82, 2.24) is 0 Å². The van der Waals surface area contributed by atoms with Crippen molar-refractivity contribution in [2.24, 2.45) is 0 Å². The summed E-state index contributed by atoms with van der Waals surface area (Å²) in [6.45, 7) is 0.